The van der Waals surface area contributed by atoms with Gasteiger partial charge in [0.25, 0.3) is 5.69 Å². The van der Waals surface area contributed by atoms with Crippen molar-refractivity contribution in [3.05, 3.63) is 58.1 Å². The maximum atomic E-state index is 13.0. The summed E-state index contributed by atoms with van der Waals surface area (Å²) in [4.78, 5) is 24.8. The fourth-order valence-electron chi connectivity index (χ4n) is 3.85. The van der Waals surface area contributed by atoms with Gasteiger partial charge in [0.2, 0.25) is 22.7 Å². The number of hydrogen-bond acceptors (Lipinski definition) is 8. The summed E-state index contributed by atoms with van der Waals surface area (Å²) in [5.41, 5.74) is 0.427. The Morgan fingerprint density at radius 2 is 1.82 bits per heavy atom. The third-order valence-electron chi connectivity index (χ3n) is 5.78. The number of rotatable bonds is 7. The second-order valence-corrected chi connectivity index (χ2v) is 9.65. The standard InChI is InChI=1S/C21H24N4O7S/c1-15(21(26)22-13-16-6-7-18-19(12-16)32-14-31-18)23-8-10-24(11-9-23)33(29,30)20-5-3-2-4-17(20)25(27)28/h2-7,12,15H,8-11,13-14H2,1H3,(H,22,26)/t15-/m0/s1. The zero-order valence-corrected chi connectivity index (χ0v) is 18.8. The highest BCUT2D eigenvalue weighted by atomic mass is 32.2. The molecule has 1 saturated heterocycles. The van der Waals surface area contributed by atoms with E-state index in [9.17, 15) is 23.3 Å². The molecule has 0 spiro atoms. The SMILES string of the molecule is C[C@@H](C(=O)NCc1ccc2c(c1)OCO2)N1CCN(S(=O)(=O)c2ccccc2[N+](=O)[O-])CC1. The number of nitro benzene ring substituents is 1. The van der Waals surface area contributed by atoms with E-state index in [0.29, 0.717) is 31.1 Å². The summed E-state index contributed by atoms with van der Waals surface area (Å²) in [7, 11) is -4.02. The lowest BCUT2D eigenvalue weighted by Gasteiger charge is -2.36. The van der Waals surface area contributed by atoms with E-state index in [-0.39, 0.29) is 30.7 Å². The number of para-hydroxylation sites is 1. The van der Waals surface area contributed by atoms with Crippen molar-refractivity contribution in [3.63, 3.8) is 0 Å². The van der Waals surface area contributed by atoms with Gasteiger partial charge in [-0.1, -0.05) is 18.2 Å². The smallest absolute Gasteiger partial charge is 0.289 e. The van der Waals surface area contributed by atoms with E-state index in [1.807, 2.05) is 17.0 Å². The minimum atomic E-state index is -4.02. The summed E-state index contributed by atoms with van der Waals surface area (Å²) in [6.45, 7) is 3.20. The van der Waals surface area contributed by atoms with Crippen molar-refractivity contribution in [3.8, 4) is 11.5 Å². The summed E-state index contributed by atoms with van der Waals surface area (Å²) in [5, 5.41) is 14.1. The molecule has 33 heavy (non-hydrogen) atoms. The molecule has 2 aromatic rings. The molecule has 2 heterocycles. The highest BCUT2D eigenvalue weighted by Gasteiger charge is 2.35. The molecule has 176 valence electrons. The topological polar surface area (TPSA) is 131 Å². The number of amides is 1. The third-order valence-corrected chi connectivity index (χ3v) is 7.73. The number of carbonyl (C=O) groups is 1. The predicted octanol–water partition coefficient (Wildman–Crippen LogP) is 1.33. The van der Waals surface area contributed by atoms with E-state index >= 15 is 0 Å². The van der Waals surface area contributed by atoms with Crippen molar-refractivity contribution in [1.82, 2.24) is 14.5 Å². The Morgan fingerprint density at radius 3 is 2.55 bits per heavy atom. The average molecular weight is 477 g/mol. The van der Waals surface area contributed by atoms with Crippen LogP contribution in [0.15, 0.2) is 47.4 Å². The summed E-state index contributed by atoms with van der Waals surface area (Å²) in [5.74, 6) is 1.14. The average Bonchev–Trinajstić information content (AvgIpc) is 3.30. The number of fused-ring (bicyclic) bond motifs is 1. The number of piperazine rings is 1. The highest BCUT2D eigenvalue weighted by Crippen LogP contribution is 2.32. The third kappa shape index (κ3) is 4.77. The lowest BCUT2D eigenvalue weighted by molar-refractivity contribution is -0.387. The van der Waals surface area contributed by atoms with Crippen molar-refractivity contribution in [1.29, 1.82) is 0 Å². The number of nitro groups is 1. The predicted molar refractivity (Wildman–Crippen MR) is 117 cm³/mol. The molecule has 0 aliphatic carbocycles. The lowest BCUT2D eigenvalue weighted by Crippen LogP contribution is -2.54. The largest absolute Gasteiger partial charge is 0.454 e. The molecule has 1 atom stereocenters. The summed E-state index contributed by atoms with van der Waals surface area (Å²) >= 11 is 0. The van der Waals surface area contributed by atoms with E-state index in [1.54, 1.807) is 13.0 Å². The normalized spacial score (nSPS) is 17.5. The quantitative estimate of drug-likeness (QED) is 0.468. The molecule has 0 aromatic heterocycles. The van der Waals surface area contributed by atoms with Gasteiger partial charge >= 0.3 is 0 Å². The molecule has 2 aromatic carbocycles. The van der Waals surface area contributed by atoms with Crippen LogP contribution in [-0.2, 0) is 21.4 Å². The lowest BCUT2D eigenvalue weighted by atomic mass is 10.2. The van der Waals surface area contributed by atoms with Gasteiger partial charge in [0.05, 0.1) is 11.0 Å². The second-order valence-electron chi connectivity index (χ2n) is 7.75. The Balaban J connectivity index is 1.33. The summed E-state index contributed by atoms with van der Waals surface area (Å²) in [6, 6.07) is 10.3. The van der Waals surface area contributed by atoms with Gasteiger partial charge in [0.15, 0.2) is 16.4 Å². The van der Waals surface area contributed by atoms with Gasteiger partial charge in [0.1, 0.15) is 0 Å². The van der Waals surface area contributed by atoms with Crippen molar-refractivity contribution in [2.45, 2.75) is 24.4 Å². The first-order valence-corrected chi connectivity index (χ1v) is 11.9. The summed E-state index contributed by atoms with van der Waals surface area (Å²) < 4.78 is 37.8. The highest BCUT2D eigenvalue weighted by molar-refractivity contribution is 7.89. The molecule has 1 fully saturated rings. The maximum absolute atomic E-state index is 13.0. The Bertz CT molecular complexity index is 1160. The van der Waals surface area contributed by atoms with Crippen molar-refractivity contribution in [2.75, 3.05) is 33.0 Å². The zero-order valence-electron chi connectivity index (χ0n) is 18.0. The molecule has 0 bridgehead atoms. The molecule has 0 saturated carbocycles. The fourth-order valence-corrected chi connectivity index (χ4v) is 5.43. The molecular formula is C21H24N4O7S. The van der Waals surface area contributed by atoms with Crippen LogP contribution in [-0.4, -0.2) is 67.5 Å². The first-order chi connectivity index (χ1) is 15.8. The maximum Gasteiger partial charge on any atom is 0.289 e. The summed E-state index contributed by atoms with van der Waals surface area (Å²) in [6.07, 6.45) is 0. The van der Waals surface area contributed by atoms with Gasteiger partial charge in [-0.05, 0) is 30.7 Å². The minimum absolute atomic E-state index is 0.133. The first kappa shape index (κ1) is 23.0. The minimum Gasteiger partial charge on any atom is -0.454 e. The zero-order chi connectivity index (χ0) is 23.6. The van der Waals surface area contributed by atoms with Gasteiger partial charge in [-0.25, -0.2) is 8.42 Å². The molecule has 2 aliphatic heterocycles. The van der Waals surface area contributed by atoms with Gasteiger partial charge in [-0.15, -0.1) is 0 Å². The van der Waals surface area contributed by atoms with Crippen LogP contribution >= 0.6 is 0 Å². The monoisotopic (exact) mass is 476 g/mol. The van der Waals surface area contributed by atoms with Gasteiger partial charge in [-0.3, -0.25) is 19.8 Å². The molecule has 1 N–H and O–H groups in total. The Labute approximate surface area is 191 Å². The number of ether oxygens (including phenoxy) is 2. The Morgan fingerprint density at radius 1 is 1.12 bits per heavy atom. The number of nitrogens with one attached hydrogen (secondary N) is 1. The van der Waals surface area contributed by atoms with Crippen LogP contribution in [0.3, 0.4) is 0 Å². The van der Waals surface area contributed by atoms with E-state index in [2.05, 4.69) is 5.32 Å². The number of sulfonamides is 1. The molecule has 0 radical (unpaired) electrons. The van der Waals surface area contributed by atoms with Crippen LogP contribution in [0.1, 0.15) is 12.5 Å². The molecule has 0 unspecified atom stereocenters. The van der Waals surface area contributed by atoms with E-state index in [1.165, 1.54) is 28.6 Å². The molecule has 11 nitrogen and oxygen atoms in total. The first-order valence-electron chi connectivity index (χ1n) is 10.4. The van der Waals surface area contributed by atoms with Crippen molar-refractivity contribution >= 4 is 21.6 Å². The number of nitrogens with zero attached hydrogens (tertiary/aromatic N) is 3. The Hall–Kier alpha value is -3.22. The van der Waals surface area contributed by atoms with E-state index in [0.717, 1.165) is 5.56 Å². The number of benzene rings is 2. The molecule has 1 amide bonds. The van der Waals surface area contributed by atoms with Crippen molar-refractivity contribution < 1.29 is 27.6 Å². The van der Waals surface area contributed by atoms with Crippen LogP contribution in [0, 0.1) is 10.1 Å². The van der Waals surface area contributed by atoms with Crippen molar-refractivity contribution in [2.24, 2.45) is 0 Å². The Kier molecular flexibility index (Phi) is 6.49. The van der Waals surface area contributed by atoms with Crippen LogP contribution in [0.25, 0.3) is 0 Å². The van der Waals surface area contributed by atoms with E-state index < -0.39 is 26.7 Å². The van der Waals surface area contributed by atoms with Crippen LogP contribution < -0.4 is 14.8 Å². The molecular weight excluding hydrogens is 452 g/mol. The van der Waals surface area contributed by atoms with Crippen LogP contribution in [0.4, 0.5) is 5.69 Å². The van der Waals surface area contributed by atoms with Crippen LogP contribution in [0.2, 0.25) is 0 Å². The molecule has 4 rings (SSSR count). The molecule has 12 heteroatoms. The van der Waals surface area contributed by atoms with Gasteiger partial charge < -0.3 is 14.8 Å². The second kappa shape index (κ2) is 9.33. The van der Waals surface area contributed by atoms with Gasteiger partial charge in [0, 0.05) is 38.8 Å². The van der Waals surface area contributed by atoms with E-state index in [4.69, 9.17) is 9.47 Å². The number of hydrogen-bond donors (Lipinski definition) is 1. The fraction of sp³-hybridized carbons (Fsp3) is 0.381. The molecule has 2 aliphatic rings. The van der Waals surface area contributed by atoms with Gasteiger partial charge in [-0.2, -0.15) is 4.31 Å². The number of carbonyl (C=O) groups excluding carboxylic acids is 1. The van der Waals surface area contributed by atoms with Crippen LogP contribution in [0.5, 0.6) is 11.5 Å².